The Morgan fingerprint density at radius 3 is 2.62 bits per heavy atom. The van der Waals surface area contributed by atoms with E-state index in [2.05, 4.69) is 20.4 Å². The van der Waals surface area contributed by atoms with Gasteiger partial charge in [0.25, 0.3) is 0 Å². The Balaban J connectivity index is 0.00000289. The molecule has 0 amide bonds. The molecule has 0 spiro atoms. The average Bonchev–Trinajstić information content (AvgIpc) is 3.26. The number of ether oxygens (including phenoxy) is 2. The summed E-state index contributed by atoms with van der Waals surface area (Å²) in [4.78, 5) is 10.8. The third kappa shape index (κ3) is 6.04. The quantitative estimate of drug-likeness (QED) is 0.273. The molecule has 170 valence electrons. The third-order valence-electron chi connectivity index (χ3n) is 4.79. The molecule has 1 aliphatic rings. The second-order valence-corrected chi connectivity index (χ2v) is 7.51. The van der Waals surface area contributed by atoms with Crippen molar-refractivity contribution in [2.75, 3.05) is 33.9 Å². The first kappa shape index (κ1) is 24.1. The van der Waals surface area contributed by atoms with Gasteiger partial charge in [-0.2, -0.15) is 4.98 Å². The van der Waals surface area contributed by atoms with Crippen LogP contribution < -0.4 is 14.8 Å². The van der Waals surface area contributed by atoms with Crippen LogP contribution in [0.25, 0.3) is 11.4 Å². The van der Waals surface area contributed by atoms with Gasteiger partial charge in [-0.1, -0.05) is 22.8 Å². The van der Waals surface area contributed by atoms with Crippen LogP contribution in [0.3, 0.4) is 0 Å². The zero-order valence-corrected chi connectivity index (χ0v) is 21.0. The number of aromatic nitrogens is 2. The van der Waals surface area contributed by atoms with Crippen LogP contribution in [-0.4, -0.2) is 54.9 Å². The molecule has 0 bridgehead atoms. The molecule has 0 saturated carbocycles. The highest BCUT2D eigenvalue weighted by atomic mass is 127. The van der Waals surface area contributed by atoms with Gasteiger partial charge in [-0.25, -0.2) is 0 Å². The lowest BCUT2D eigenvalue weighted by atomic mass is 10.2. The number of halogens is 2. The van der Waals surface area contributed by atoms with Crippen LogP contribution >= 0.6 is 35.6 Å². The van der Waals surface area contributed by atoms with Crippen LogP contribution in [0.2, 0.25) is 5.02 Å². The number of guanidine groups is 1. The van der Waals surface area contributed by atoms with Crippen molar-refractivity contribution in [3.63, 3.8) is 0 Å². The van der Waals surface area contributed by atoms with Gasteiger partial charge in [-0.05, 0) is 42.0 Å². The molecule has 8 nitrogen and oxygen atoms in total. The van der Waals surface area contributed by atoms with E-state index < -0.39 is 0 Å². The molecule has 0 fully saturated rings. The predicted molar refractivity (Wildman–Crippen MR) is 134 cm³/mol. The number of nitrogens with one attached hydrogen (secondary N) is 1. The van der Waals surface area contributed by atoms with E-state index in [-0.39, 0.29) is 24.0 Å². The molecule has 0 aliphatic carbocycles. The van der Waals surface area contributed by atoms with Crippen LogP contribution in [0.1, 0.15) is 11.5 Å². The lowest BCUT2D eigenvalue weighted by Crippen LogP contribution is -2.39. The number of hydrogen-bond acceptors (Lipinski definition) is 6. The molecule has 32 heavy (non-hydrogen) atoms. The summed E-state index contributed by atoms with van der Waals surface area (Å²) in [7, 11) is 3.74. The summed E-state index contributed by atoms with van der Waals surface area (Å²) < 4.78 is 16.6. The molecule has 0 saturated heterocycles. The Morgan fingerprint density at radius 2 is 1.88 bits per heavy atom. The van der Waals surface area contributed by atoms with E-state index in [0.717, 1.165) is 28.6 Å². The van der Waals surface area contributed by atoms with E-state index in [9.17, 15) is 0 Å². The summed E-state index contributed by atoms with van der Waals surface area (Å²) >= 11 is 5.92. The first-order valence-electron chi connectivity index (χ1n) is 10.0. The van der Waals surface area contributed by atoms with Crippen molar-refractivity contribution < 1.29 is 14.0 Å². The Kier molecular flexibility index (Phi) is 8.57. The van der Waals surface area contributed by atoms with Gasteiger partial charge in [0.15, 0.2) is 17.5 Å². The minimum absolute atomic E-state index is 0. The number of nitrogens with zero attached hydrogens (tertiary/aromatic N) is 4. The van der Waals surface area contributed by atoms with Crippen LogP contribution in [-0.2, 0) is 13.0 Å². The summed E-state index contributed by atoms with van der Waals surface area (Å²) in [6, 6.07) is 13.3. The fourth-order valence-electron chi connectivity index (χ4n) is 3.27. The molecule has 0 atom stereocenters. The normalized spacial score (nSPS) is 12.8. The lowest BCUT2D eigenvalue weighted by Gasteiger charge is -2.23. The number of fused-ring (bicyclic) bond motifs is 1. The largest absolute Gasteiger partial charge is 0.486 e. The van der Waals surface area contributed by atoms with E-state index in [0.29, 0.717) is 49.5 Å². The average molecular weight is 570 g/mol. The second-order valence-electron chi connectivity index (χ2n) is 7.08. The summed E-state index contributed by atoms with van der Waals surface area (Å²) in [6.45, 7) is 2.45. The lowest BCUT2D eigenvalue weighted by molar-refractivity contribution is 0.171. The van der Waals surface area contributed by atoms with Crippen molar-refractivity contribution in [1.82, 2.24) is 20.4 Å². The van der Waals surface area contributed by atoms with E-state index in [1.165, 1.54) is 0 Å². The Labute approximate surface area is 209 Å². The van der Waals surface area contributed by atoms with Crippen molar-refractivity contribution in [1.29, 1.82) is 0 Å². The number of aliphatic imine (C=N–C) groups is 1. The molecule has 10 heteroatoms. The van der Waals surface area contributed by atoms with E-state index >= 15 is 0 Å². The molecule has 2 aromatic carbocycles. The van der Waals surface area contributed by atoms with Crippen molar-refractivity contribution in [3.05, 3.63) is 58.9 Å². The molecule has 2 heterocycles. The molecule has 4 rings (SSSR count). The van der Waals surface area contributed by atoms with Crippen molar-refractivity contribution in [3.8, 4) is 22.9 Å². The summed E-state index contributed by atoms with van der Waals surface area (Å²) in [5.74, 6) is 3.45. The van der Waals surface area contributed by atoms with Crippen LogP contribution in [0.15, 0.2) is 52.0 Å². The number of benzene rings is 2. The van der Waals surface area contributed by atoms with Crippen LogP contribution in [0, 0.1) is 0 Å². The van der Waals surface area contributed by atoms with Gasteiger partial charge in [-0.15, -0.1) is 24.0 Å². The van der Waals surface area contributed by atoms with Gasteiger partial charge in [0.2, 0.25) is 11.7 Å². The SMILES string of the molecule is CN=C(NCCc1nc(-c2ccc(Cl)cc2)no1)N(C)Cc1ccc2c(c1)OCCO2.I. The Hall–Kier alpha value is -2.53. The fourth-order valence-corrected chi connectivity index (χ4v) is 3.40. The predicted octanol–water partition coefficient (Wildman–Crippen LogP) is 4.03. The first-order chi connectivity index (χ1) is 15.1. The number of hydrogen-bond donors (Lipinski definition) is 1. The molecule has 3 aromatic rings. The highest BCUT2D eigenvalue weighted by molar-refractivity contribution is 14.0. The highest BCUT2D eigenvalue weighted by Crippen LogP contribution is 2.31. The molecular weight excluding hydrogens is 545 g/mol. The molecule has 1 aromatic heterocycles. The van der Waals surface area contributed by atoms with Crippen molar-refractivity contribution in [2.45, 2.75) is 13.0 Å². The zero-order valence-electron chi connectivity index (χ0n) is 17.9. The van der Waals surface area contributed by atoms with E-state index in [1.807, 2.05) is 42.3 Å². The van der Waals surface area contributed by atoms with Gasteiger partial charge >= 0.3 is 0 Å². The van der Waals surface area contributed by atoms with Crippen molar-refractivity contribution in [2.24, 2.45) is 4.99 Å². The molecule has 0 unspecified atom stereocenters. The maximum atomic E-state index is 5.92. The smallest absolute Gasteiger partial charge is 0.228 e. The van der Waals surface area contributed by atoms with Crippen LogP contribution in [0.5, 0.6) is 11.5 Å². The standard InChI is InChI=1S/C22H24ClN5O3.HI/c1-24-22(28(2)14-15-3-8-18-19(13-15)30-12-11-29-18)25-10-9-20-26-21(27-31-20)16-4-6-17(23)7-5-16;/h3-8,13H,9-12,14H2,1-2H3,(H,24,25);1H. The van der Waals surface area contributed by atoms with Crippen molar-refractivity contribution >= 4 is 41.5 Å². The zero-order chi connectivity index (χ0) is 21.6. The van der Waals surface area contributed by atoms with Crippen LogP contribution in [0.4, 0.5) is 0 Å². The van der Waals surface area contributed by atoms with Gasteiger partial charge < -0.3 is 24.2 Å². The Bertz CT molecular complexity index is 1060. The molecule has 0 radical (unpaired) electrons. The third-order valence-corrected chi connectivity index (χ3v) is 5.04. The van der Waals surface area contributed by atoms with Gasteiger partial charge in [0.05, 0.1) is 0 Å². The first-order valence-corrected chi connectivity index (χ1v) is 10.4. The second kappa shape index (κ2) is 11.4. The minimum atomic E-state index is 0. The summed E-state index contributed by atoms with van der Waals surface area (Å²) in [5, 5.41) is 8.04. The highest BCUT2D eigenvalue weighted by Gasteiger charge is 2.14. The molecule has 1 aliphatic heterocycles. The monoisotopic (exact) mass is 569 g/mol. The minimum Gasteiger partial charge on any atom is -0.486 e. The Morgan fingerprint density at radius 1 is 1.12 bits per heavy atom. The molecular formula is C22H25ClIN5O3. The number of rotatable bonds is 6. The molecule has 1 N–H and O–H groups in total. The van der Waals surface area contributed by atoms with E-state index in [1.54, 1.807) is 19.2 Å². The van der Waals surface area contributed by atoms with Gasteiger partial charge in [0, 0.05) is 44.2 Å². The maximum Gasteiger partial charge on any atom is 0.228 e. The van der Waals surface area contributed by atoms with Gasteiger partial charge in [0.1, 0.15) is 13.2 Å². The topological polar surface area (TPSA) is 85.0 Å². The summed E-state index contributed by atoms with van der Waals surface area (Å²) in [5.41, 5.74) is 1.97. The summed E-state index contributed by atoms with van der Waals surface area (Å²) in [6.07, 6.45) is 0.581. The fraction of sp³-hybridized carbons (Fsp3) is 0.318. The van der Waals surface area contributed by atoms with E-state index in [4.69, 9.17) is 25.6 Å². The maximum absolute atomic E-state index is 5.92. The van der Waals surface area contributed by atoms with Gasteiger partial charge in [-0.3, -0.25) is 4.99 Å².